The normalized spacial score (nSPS) is 21.0. The van der Waals surface area contributed by atoms with Crippen molar-refractivity contribution >= 4 is 11.9 Å². The van der Waals surface area contributed by atoms with Crippen molar-refractivity contribution < 1.29 is 22.7 Å². The van der Waals surface area contributed by atoms with Crippen molar-refractivity contribution in [2.24, 2.45) is 11.8 Å². The van der Waals surface area contributed by atoms with Crippen LogP contribution in [-0.4, -0.2) is 60.2 Å². The summed E-state index contributed by atoms with van der Waals surface area (Å²) in [6.07, 6.45) is -0.206. The highest BCUT2D eigenvalue weighted by Gasteiger charge is 2.42. The van der Waals surface area contributed by atoms with E-state index in [1.54, 1.807) is 0 Å². The lowest BCUT2D eigenvalue weighted by atomic mass is 10.0. The zero-order chi connectivity index (χ0) is 21.4. The number of anilines is 1. The van der Waals surface area contributed by atoms with Gasteiger partial charge >= 0.3 is 6.18 Å². The smallest absolute Gasteiger partial charge is 0.381 e. The average molecular weight is 416 g/mol. The number of aromatic nitrogens is 2. The van der Waals surface area contributed by atoms with Crippen molar-refractivity contribution in [1.29, 1.82) is 0 Å². The highest BCUT2D eigenvalue weighted by atomic mass is 19.4. The molecule has 164 valence electrons. The van der Waals surface area contributed by atoms with Crippen molar-refractivity contribution in [1.82, 2.24) is 14.9 Å². The highest BCUT2D eigenvalue weighted by molar-refractivity contribution is 5.76. The van der Waals surface area contributed by atoms with Gasteiger partial charge in [0.1, 0.15) is 0 Å². The van der Waals surface area contributed by atoms with E-state index >= 15 is 0 Å². The highest BCUT2D eigenvalue weighted by Crippen LogP contribution is 2.34. The van der Waals surface area contributed by atoms with Crippen LogP contribution in [0.5, 0.6) is 0 Å². The third-order valence-corrected chi connectivity index (χ3v) is 4.90. The first-order valence-corrected chi connectivity index (χ1v) is 10.3. The molecule has 2 aliphatic heterocycles. The Morgan fingerprint density at radius 1 is 1.07 bits per heavy atom. The van der Waals surface area contributed by atoms with Crippen LogP contribution < -0.4 is 4.90 Å². The molecule has 0 N–H and O–H groups in total. The van der Waals surface area contributed by atoms with Crippen molar-refractivity contribution in [3.8, 4) is 0 Å². The van der Waals surface area contributed by atoms with Gasteiger partial charge in [-0.05, 0) is 6.42 Å². The predicted molar refractivity (Wildman–Crippen MR) is 104 cm³/mol. The van der Waals surface area contributed by atoms with Gasteiger partial charge in [-0.3, -0.25) is 4.79 Å². The van der Waals surface area contributed by atoms with Gasteiger partial charge in [0.2, 0.25) is 11.9 Å². The number of nitrogens with zero attached hydrogens (tertiary/aromatic N) is 4. The third-order valence-electron chi connectivity index (χ3n) is 4.90. The number of alkyl halides is 3. The van der Waals surface area contributed by atoms with E-state index in [1.807, 2.05) is 16.7 Å². The van der Waals surface area contributed by atoms with E-state index in [9.17, 15) is 18.0 Å². The monoisotopic (exact) mass is 416 g/mol. The number of ether oxygens (including phenoxy) is 1. The topological polar surface area (TPSA) is 58.6 Å². The number of halogens is 3. The van der Waals surface area contributed by atoms with Gasteiger partial charge in [0.15, 0.2) is 0 Å². The van der Waals surface area contributed by atoms with Gasteiger partial charge in [-0.1, -0.05) is 27.2 Å². The number of fused-ring (bicyclic) bond motifs is 1. The van der Waals surface area contributed by atoms with Crippen LogP contribution in [0.25, 0.3) is 0 Å². The van der Waals surface area contributed by atoms with Crippen LogP contribution in [0.3, 0.4) is 0 Å². The molecule has 9 heteroatoms. The van der Waals surface area contributed by atoms with E-state index in [1.165, 1.54) is 6.42 Å². The van der Waals surface area contributed by atoms with Crippen molar-refractivity contribution in [3.63, 3.8) is 0 Å². The summed E-state index contributed by atoms with van der Waals surface area (Å²) in [5.74, 6) is 1.04. The van der Waals surface area contributed by atoms with Crippen molar-refractivity contribution in [2.75, 3.05) is 44.3 Å². The van der Waals surface area contributed by atoms with E-state index in [4.69, 9.17) is 4.74 Å². The second kappa shape index (κ2) is 10.8. The number of likely N-dealkylation sites (tertiary alicyclic amines) is 1. The SMILES string of the molecule is CCC.CCCOCCC(=O)N1C[C@@H]2CN(c3ncc(C(F)(F)F)cn3)C[C@@H]2C1. The number of carbonyl (C=O) groups is 1. The maximum Gasteiger partial charge on any atom is 0.419 e. The lowest BCUT2D eigenvalue weighted by Gasteiger charge is -2.22. The maximum absolute atomic E-state index is 12.6. The van der Waals surface area contributed by atoms with Gasteiger partial charge in [-0.15, -0.1) is 0 Å². The van der Waals surface area contributed by atoms with E-state index in [0.717, 1.165) is 18.8 Å². The summed E-state index contributed by atoms with van der Waals surface area (Å²) in [4.78, 5) is 23.7. The Hall–Kier alpha value is -1.90. The second-order valence-corrected chi connectivity index (χ2v) is 7.56. The summed E-state index contributed by atoms with van der Waals surface area (Å²) in [6.45, 7) is 10.1. The summed E-state index contributed by atoms with van der Waals surface area (Å²) in [5, 5.41) is 0. The second-order valence-electron chi connectivity index (χ2n) is 7.56. The molecule has 0 spiro atoms. The van der Waals surface area contributed by atoms with E-state index in [2.05, 4.69) is 23.8 Å². The molecule has 0 aromatic carbocycles. The first kappa shape index (κ1) is 23.4. The van der Waals surface area contributed by atoms with Gasteiger partial charge in [0.25, 0.3) is 0 Å². The molecule has 0 aliphatic carbocycles. The van der Waals surface area contributed by atoms with Crippen LogP contribution in [0.2, 0.25) is 0 Å². The van der Waals surface area contributed by atoms with Gasteiger partial charge in [-0.25, -0.2) is 9.97 Å². The molecule has 2 atom stereocenters. The standard InChI is InChI=1S/C17H23F3N4O2.C3H8/c1-2-4-26-5-3-15(25)23-8-12-10-24(11-13(12)9-23)16-21-6-14(7-22-16)17(18,19)20;1-3-2/h6-7,12-13H,2-5,8-11H2,1H3;3H2,1-2H3/t12-,13+;. The molecule has 1 aromatic heterocycles. The molecule has 0 saturated carbocycles. The van der Waals surface area contributed by atoms with Crippen LogP contribution in [-0.2, 0) is 15.7 Å². The fourth-order valence-electron chi connectivity index (χ4n) is 3.55. The van der Waals surface area contributed by atoms with Gasteiger partial charge in [0, 0.05) is 57.0 Å². The summed E-state index contributed by atoms with van der Waals surface area (Å²) >= 11 is 0. The molecule has 1 aromatic rings. The molecule has 0 bridgehead atoms. The summed E-state index contributed by atoms with van der Waals surface area (Å²) in [5.41, 5.74) is -0.845. The Kier molecular flexibility index (Phi) is 8.67. The van der Waals surface area contributed by atoms with E-state index in [-0.39, 0.29) is 5.91 Å². The summed E-state index contributed by atoms with van der Waals surface area (Å²) < 4.78 is 43.1. The minimum absolute atomic E-state index is 0.104. The van der Waals surface area contributed by atoms with Crippen LogP contribution in [0, 0.1) is 11.8 Å². The first-order valence-electron chi connectivity index (χ1n) is 10.3. The Labute approximate surface area is 170 Å². The van der Waals surface area contributed by atoms with Crippen LogP contribution >= 0.6 is 0 Å². The molecule has 1 amide bonds. The van der Waals surface area contributed by atoms with Gasteiger partial charge < -0.3 is 14.5 Å². The van der Waals surface area contributed by atoms with Crippen LogP contribution in [0.1, 0.15) is 45.6 Å². The minimum atomic E-state index is -4.43. The lowest BCUT2D eigenvalue weighted by molar-refractivity contribution is -0.138. The third kappa shape index (κ3) is 6.55. The molecule has 2 saturated heterocycles. The fourth-order valence-corrected chi connectivity index (χ4v) is 3.55. The molecule has 0 unspecified atom stereocenters. The van der Waals surface area contributed by atoms with Gasteiger partial charge in [-0.2, -0.15) is 13.2 Å². The van der Waals surface area contributed by atoms with E-state index in [0.29, 0.717) is 63.6 Å². The molecule has 29 heavy (non-hydrogen) atoms. The molecule has 2 aliphatic rings. The average Bonchev–Trinajstić information content (AvgIpc) is 3.24. The zero-order valence-corrected chi connectivity index (χ0v) is 17.4. The van der Waals surface area contributed by atoms with Crippen LogP contribution in [0.15, 0.2) is 12.4 Å². The number of rotatable bonds is 6. The van der Waals surface area contributed by atoms with Crippen molar-refractivity contribution in [2.45, 2.75) is 46.2 Å². The molecule has 6 nitrogen and oxygen atoms in total. The summed E-state index contributed by atoms with van der Waals surface area (Å²) in [6, 6.07) is 0. The molecular formula is C20H31F3N4O2. The van der Waals surface area contributed by atoms with Crippen molar-refractivity contribution in [3.05, 3.63) is 18.0 Å². The quantitative estimate of drug-likeness (QED) is 0.663. The minimum Gasteiger partial charge on any atom is -0.381 e. The molecule has 3 rings (SSSR count). The Morgan fingerprint density at radius 3 is 2.10 bits per heavy atom. The van der Waals surface area contributed by atoms with Gasteiger partial charge in [0.05, 0.1) is 18.6 Å². The molecular weight excluding hydrogens is 385 g/mol. The zero-order valence-electron chi connectivity index (χ0n) is 17.4. The molecule has 0 radical (unpaired) electrons. The molecule has 2 fully saturated rings. The lowest BCUT2D eigenvalue weighted by Crippen LogP contribution is -2.34. The maximum atomic E-state index is 12.6. The number of carbonyl (C=O) groups excluding carboxylic acids is 1. The fraction of sp³-hybridized carbons (Fsp3) is 0.750. The van der Waals surface area contributed by atoms with E-state index < -0.39 is 11.7 Å². The summed E-state index contributed by atoms with van der Waals surface area (Å²) in [7, 11) is 0. The largest absolute Gasteiger partial charge is 0.419 e. The predicted octanol–water partition coefficient (Wildman–Crippen LogP) is 3.62. The number of hydrogen-bond acceptors (Lipinski definition) is 5. The number of hydrogen-bond donors (Lipinski definition) is 0. The molecule has 3 heterocycles. The Morgan fingerprint density at radius 2 is 1.62 bits per heavy atom. The Bertz CT molecular complexity index is 626. The number of amides is 1. The Balaban J connectivity index is 0.000000941. The first-order chi connectivity index (χ1) is 13.8. The van der Waals surface area contributed by atoms with Crippen LogP contribution in [0.4, 0.5) is 19.1 Å².